The van der Waals surface area contributed by atoms with Gasteiger partial charge >= 0.3 is 6.03 Å². The molecule has 0 atom stereocenters. The summed E-state index contributed by atoms with van der Waals surface area (Å²) in [5, 5.41) is 5.54. The molecule has 4 heterocycles. The van der Waals surface area contributed by atoms with Crippen LogP contribution in [-0.2, 0) is 4.79 Å². The summed E-state index contributed by atoms with van der Waals surface area (Å²) in [5.74, 6) is -0.841. The van der Waals surface area contributed by atoms with E-state index < -0.39 is 17.5 Å². The van der Waals surface area contributed by atoms with Gasteiger partial charge in [-0.15, -0.1) is 22.7 Å². The highest BCUT2D eigenvalue weighted by Crippen LogP contribution is 2.33. The van der Waals surface area contributed by atoms with E-state index in [0.29, 0.717) is 17.7 Å². The molecule has 3 aromatic rings. The summed E-state index contributed by atoms with van der Waals surface area (Å²) in [6.45, 7) is 0. The second-order valence-corrected chi connectivity index (χ2v) is 8.53. The minimum Gasteiger partial charge on any atom is -0.322 e. The molecule has 1 saturated carbocycles. The van der Waals surface area contributed by atoms with Crippen molar-refractivity contribution in [3.8, 4) is 0 Å². The van der Waals surface area contributed by atoms with E-state index in [0.717, 1.165) is 39.6 Å². The Morgan fingerprint density at radius 1 is 1.27 bits per heavy atom. The molecule has 26 heavy (non-hydrogen) atoms. The molecule has 1 spiro atoms. The first-order chi connectivity index (χ1) is 12.6. The number of carbonyl (C=O) groups is 3. The average Bonchev–Trinajstić information content (AvgIpc) is 3.34. The first kappa shape index (κ1) is 15.8. The maximum atomic E-state index is 12.7. The van der Waals surface area contributed by atoms with Crippen molar-refractivity contribution in [1.82, 2.24) is 25.1 Å². The lowest BCUT2D eigenvalue weighted by atomic mass is 9.82. The van der Waals surface area contributed by atoms with Crippen LogP contribution in [0.5, 0.6) is 0 Å². The molecule has 0 aromatic carbocycles. The number of nitrogens with one attached hydrogen (secondary N) is 2. The van der Waals surface area contributed by atoms with Crippen LogP contribution in [0.4, 0.5) is 4.79 Å². The van der Waals surface area contributed by atoms with Crippen LogP contribution in [0, 0.1) is 0 Å². The molecule has 3 aromatic heterocycles. The van der Waals surface area contributed by atoms with E-state index in [-0.39, 0.29) is 5.91 Å². The van der Waals surface area contributed by atoms with Crippen LogP contribution < -0.4 is 10.7 Å². The summed E-state index contributed by atoms with van der Waals surface area (Å²) >= 11 is 2.76. The highest BCUT2D eigenvalue weighted by molar-refractivity contribution is 7.21. The lowest BCUT2D eigenvalue weighted by Gasteiger charge is -2.30. The normalized spacial score (nSPS) is 19.6. The van der Waals surface area contributed by atoms with E-state index >= 15 is 0 Å². The lowest BCUT2D eigenvalue weighted by molar-refractivity contribution is -0.134. The fourth-order valence-electron chi connectivity index (χ4n) is 3.73. The number of hydrazine groups is 1. The smallest absolute Gasteiger partial charge is 0.322 e. The van der Waals surface area contributed by atoms with Crippen molar-refractivity contribution in [2.75, 3.05) is 0 Å². The summed E-state index contributed by atoms with van der Waals surface area (Å²) in [6.07, 6.45) is 5.99. The third kappa shape index (κ3) is 2.18. The second kappa shape index (κ2) is 5.52. The minimum absolute atomic E-state index is 0.362. The van der Waals surface area contributed by atoms with Gasteiger partial charge in [-0.1, -0.05) is 19.3 Å². The molecule has 10 heteroatoms. The number of nitrogens with zero attached hydrogens (tertiary/aromatic N) is 3. The largest absolute Gasteiger partial charge is 0.344 e. The number of thiazole rings is 1. The number of hydrogen-bond donors (Lipinski definition) is 2. The van der Waals surface area contributed by atoms with Crippen molar-refractivity contribution in [3.05, 3.63) is 22.5 Å². The third-order valence-corrected chi connectivity index (χ3v) is 6.82. The number of thiophene rings is 1. The fraction of sp³-hybridized carbons (Fsp3) is 0.375. The fourth-order valence-corrected chi connectivity index (χ4v) is 5.42. The molecule has 2 aliphatic rings. The predicted molar refractivity (Wildman–Crippen MR) is 97.1 cm³/mol. The van der Waals surface area contributed by atoms with Crippen molar-refractivity contribution in [3.63, 3.8) is 0 Å². The maximum Gasteiger partial charge on any atom is 0.344 e. The molecule has 2 fully saturated rings. The van der Waals surface area contributed by atoms with Crippen LogP contribution in [0.15, 0.2) is 17.6 Å². The van der Waals surface area contributed by atoms with Gasteiger partial charge in [0.2, 0.25) is 0 Å². The zero-order valence-electron chi connectivity index (χ0n) is 13.7. The molecule has 4 amide bonds. The van der Waals surface area contributed by atoms with Crippen LogP contribution in [-0.4, -0.2) is 37.8 Å². The van der Waals surface area contributed by atoms with Crippen LogP contribution in [0.3, 0.4) is 0 Å². The Morgan fingerprint density at radius 3 is 2.88 bits per heavy atom. The molecule has 5 rings (SSSR count). The monoisotopic (exact) mass is 389 g/mol. The van der Waals surface area contributed by atoms with Crippen molar-refractivity contribution < 1.29 is 14.4 Å². The van der Waals surface area contributed by atoms with Crippen molar-refractivity contribution in [2.24, 2.45) is 0 Å². The molecule has 8 nitrogen and oxygen atoms in total. The van der Waals surface area contributed by atoms with Crippen LogP contribution in [0.2, 0.25) is 0 Å². The Labute approximate surface area is 155 Å². The molecule has 0 radical (unpaired) electrons. The Hall–Kier alpha value is -2.46. The van der Waals surface area contributed by atoms with Crippen LogP contribution in [0.25, 0.3) is 15.3 Å². The third-order valence-electron chi connectivity index (χ3n) is 5.05. The first-order valence-electron chi connectivity index (χ1n) is 8.40. The number of carbonyl (C=O) groups excluding carboxylic acids is 3. The summed E-state index contributed by atoms with van der Waals surface area (Å²) in [5.41, 5.74) is 2.46. The van der Waals surface area contributed by atoms with Gasteiger partial charge in [0, 0.05) is 11.6 Å². The van der Waals surface area contributed by atoms with Gasteiger partial charge < -0.3 is 5.32 Å². The number of imidazole rings is 1. The second-order valence-electron chi connectivity index (χ2n) is 6.62. The van der Waals surface area contributed by atoms with Crippen molar-refractivity contribution >= 4 is 55.8 Å². The molecule has 0 bridgehead atoms. The van der Waals surface area contributed by atoms with E-state index in [9.17, 15) is 14.4 Å². The average molecular weight is 389 g/mol. The van der Waals surface area contributed by atoms with Crippen molar-refractivity contribution in [1.29, 1.82) is 0 Å². The molecule has 134 valence electrons. The maximum absolute atomic E-state index is 12.7. The van der Waals surface area contributed by atoms with E-state index in [1.54, 1.807) is 6.07 Å². The standard InChI is InChI=1S/C16H15N5O3S2/c22-11(10-8-9-12(26-10)17-15-20(9)6-7-25-15)19-21-13(23)16(18-14(21)24)4-2-1-3-5-16/h6-8H,1-5H2,(H,18,24)(H,19,22). The number of rotatable bonds is 2. The van der Waals surface area contributed by atoms with E-state index in [4.69, 9.17) is 0 Å². The van der Waals surface area contributed by atoms with Gasteiger partial charge in [0.15, 0.2) is 4.96 Å². The van der Waals surface area contributed by atoms with E-state index in [1.165, 1.54) is 22.7 Å². The number of imide groups is 1. The molecule has 1 aliphatic heterocycles. The number of fused-ring (bicyclic) bond motifs is 3. The van der Waals surface area contributed by atoms with Crippen LogP contribution >= 0.6 is 22.7 Å². The molecule has 0 unspecified atom stereocenters. The van der Waals surface area contributed by atoms with Gasteiger partial charge in [-0.25, -0.2) is 9.78 Å². The van der Waals surface area contributed by atoms with Gasteiger partial charge in [-0.2, -0.15) is 5.01 Å². The molecule has 1 saturated heterocycles. The summed E-state index contributed by atoms with van der Waals surface area (Å²) in [6, 6.07) is 1.17. The summed E-state index contributed by atoms with van der Waals surface area (Å²) in [7, 11) is 0. The summed E-state index contributed by atoms with van der Waals surface area (Å²) in [4.78, 5) is 44.1. The van der Waals surface area contributed by atoms with Gasteiger partial charge in [0.05, 0.1) is 10.4 Å². The van der Waals surface area contributed by atoms with E-state index in [1.807, 2.05) is 16.0 Å². The van der Waals surface area contributed by atoms with E-state index in [2.05, 4.69) is 15.7 Å². The quantitative estimate of drug-likeness (QED) is 0.658. The van der Waals surface area contributed by atoms with Gasteiger partial charge in [0.1, 0.15) is 10.4 Å². The first-order valence-corrected chi connectivity index (χ1v) is 10.1. The highest BCUT2D eigenvalue weighted by atomic mass is 32.1. The Balaban J connectivity index is 1.40. The zero-order valence-corrected chi connectivity index (χ0v) is 15.3. The highest BCUT2D eigenvalue weighted by Gasteiger charge is 2.52. The Bertz CT molecular complexity index is 1060. The van der Waals surface area contributed by atoms with Gasteiger partial charge in [-0.05, 0) is 18.9 Å². The Kier molecular flexibility index (Phi) is 3.35. The SMILES string of the molecule is O=C(NN1C(=O)NC2(CCCCC2)C1=O)c1cc2c(nc3sccn32)s1. The summed E-state index contributed by atoms with van der Waals surface area (Å²) < 4.78 is 1.91. The molecule has 1 aliphatic carbocycles. The number of urea groups is 1. The zero-order chi connectivity index (χ0) is 17.9. The van der Waals surface area contributed by atoms with Gasteiger partial charge in [-0.3, -0.25) is 19.4 Å². The van der Waals surface area contributed by atoms with Gasteiger partial charge in [0.25, 0.3) is 11.8 Å². The van der Waals surface area contributed by atoms with Crippen LogP contribution in [0.1, 0.15) is 41.8 Å². The minimum atomic E-state index is -0.851. The topological polar surface area (TPSA) is 95.8 Å². The molecular formula is C16H15N5O3S2. The predicted octanol–water partition coefficient (Wildman–Crippen LogP) is 2.51. The molecule has 2 N–H and O–H groups in total. The van der Waals surface area contributed by atoms with Crippen molar-refractivity contribution in [2.45, 2.75) is 37.6 Å². The number of hydrogen-bond acceptors (Lipinski definition) is 6. The molecular weight excluding hydrogens is 374 g/mol. The Morgan fingerprint density at radius 2 is 2.08 bits per heavy atom. The lowest BCUT2D eigenvalue weighted by Crippen LogP contribution is -2.50. The number of amides is 4. The number of aromatic nitrogens is 2.